The van der Waals surface area contributed by atoms with Crippen molar-refractivity contribution in [1.82, 2.24) is 19.6 Å². The number of rotatable bonds is 6. The Morgan fingerprint density at radius 2 is 0.783 bits per heavy atom. The van der Waals surface area contributed by atoms with E-state index < -0.39 is 35.7 Å². The van der Waals surface area contributed by atoms with E-state index in [1.165, 1.54) is 0 Å². The number of ether oxygens (including phenoxy) is 2. The summed E-state index contributed by atoms with van der Waals surface area (Å²) in [6.07, 6.45) is 0. The summed E-state index contributed by atoms with van der Waals surface area (Å²) >= 11 is 0. The average Bonchev–Trinajstić information content (AvgIpc) is 3.42. The van der Waals surface area contributed by atoms with Crippen LogP contribution in [-0.2, 0) is 19.1 Å². The van der Waals surface area contributed by atoms with Gasteiger partial charge in [0.25, 0.3) is 23.6 Å². The molecule has 0 N–H and O–H groups in total. The molecule has 0 aromatic heterocycles. The lowest BCUT2D eigenvalue weighted by Gasteiger charge is -2.35. The standard InChI is InChI=1S/C34H40N4O8/c1-21(2)27(37-29(39)23-9-5-6-10-24(23)30(37)40)33(43)35-13-17-45-19-15-36(16-20-46-18-14-35)34(44)28(22(3)4)38-31(41)25-11-7-8-12-26(25)32(38)42/h5-12,21-22,27-28H,13-20H2,1-4H3/t27-,28-/m1/s1. The maximum Gasteiger partial charge on any atom is 0.262 e. The number of benzene rings is 2. The lowest BCUT2D eigenvalue weighted by Crippen LogP contribution is -2.55. The van der Waals surface area contributed by atoms with Gasteiger partial charge in [-0.15, -0.1) is 0 Å². The molecule has 12 nitrogen and oxygen atoms in total. The number of hydrogen-bond donors (Lipinski definition) is 0. The van der Waals surface area contributed by atoms with Crippen molar-refractivity contribution in [1.29, 1.82) is 0 Å². The Balaban J connectivity index is 1.24. The second kappa shape index (κ2) is 13.9. The highest BCUT2D eigenvalue weighted by atomic mass is 16.5. The van der Waals surface area contributed by atoms with Gasteiger partial charge >= 0.3 is 0 Å². The molecule has 12 heteroatoms. The Kier molecular flexibility index (Phi) is 9.97. The van der Waals surface area contributed by atoms with Crippen LogP contribution in [0.25, 0.3) is 0 Å². The van der Waals surface area contributed by atoms with Crippen molar-refractivity contribution in [3.8, 4) is 0 Å². The number of amides is 6. The second-order valence-electron chi connectivity index (χ2n) is 12.3. The van der Waals surface area contributed by atoms with Crippen molar-refractivity contribution in [2.75, 3.05) is 52.6 Å². The first-order chi connectivity index (χ1) is 22.0. The van der Waals surface area contributed by atoms with E-state index in [1.807, 2.05) is 0 Å². The molecule has 0 radical (unpaired) electrons. The molecule has 0 bridgehead atoms. The van der Waals surface area contributed by atoms with Crippen LogP contribution in [-0.4, -0.2) is 120 Å². The fraction of sp³-hybridized carbons (Fsp3) is 0.471. The molecule has 244 valence electrons. The number of carbonyl (C=O) groups is 6. The summed E-state index contributed by atoms with van der Waals surface area (Å²) in [6.45, 7) is 8.53. The average molecular weight is 633 g/mol. The van der Waals surface area contributed by atoms with Crippen molar-refractivity contribution in [2.24, 2.45) is 11.8 Å². The van der Waals surface area contributed by atoms with Gasteiger partial charge in [-0.3, -0.25) is 38.6 Å². The molecule has 0 aliphatic carbocycles. The number of carbonyl (C=O) groups excluding carboxylic acids is 6. The van der Waals surface area contributed by atoms with Gasteiger partial charge in [0.1, 0.15) is 12.1 Å². The molecule has 1 saturated heterocycles. The molecule has 46 heavy (non-hydrogen) atoms. The Bertz CT molecular complexity index is 1340. The van der Waals surface area contributed by atoms with E-state index in [1.54, 1.807) is 86.0 Å². The van der Waals surface area contributed by atoms with Crippen LogP contribution in [0.3, 0.4) is 0 Å². The van der Waals surface area contributed by atoms with Crippen LogP contribution in [0.2, 0.25) is 0 Å². The first-order valence-electron chi connectivity index (χ1n) is 15.7. The van der Waals surface area contributed by atoms with Crippen molar-refractivity contribution in [2.45, 2.75) is 39.8 Å². The SMILES string of the molecule is CC(C)[C@H](C(=O)N1CCOCCN(C(=O)[C@@H](C(C)C)N2C(=O)c3ccccc3C2=O)CCOCC1)N1C(=O)c2ccccc2C1=O. The Morgan fingerprint density at radius 1 is 0.522 bits per heavy atom. The smallest absolute Gasteiger partial charge is 0.262 e. The molecule has 0 spiro atoms. The number of hydrogen-bond acceptors (Lipinski definition) is 8. The molecule has 5 rings (SSSR count). The van der Waals surface area contributed by atoms with Crippen LogP contribution in [0.5, 0.6) is 0 Å². The largest absolute Gasteiger partial charge is 0.378 e. The van der Waals surface area contributed by atoms with Crippen LogP contribution in [0.1, 0.15) is 69.1 Å². The summed E-state index contributed by atoms with van der Waals surface area (Å²) in [5.74, 6) is -3.36. The van der Waals surface area contributed by atoms with Crippen molar-refractivity contribution < 1.29 is 38.2 Å². The summed E-state index contributed by atoms with van der Waals surface area (Å²) < 4.78 is 11.7. The second-order valence-corrected chi connectivity index (χ2v) is 12.3. The predicted molar refractivity (Wildman–Crippen MR) is 166 cm³/mol. The van der Waals surface area contributed by atoms with Gasteiger partial charge in [-0.2, -0.15) is 0 Å². The Labute approximate surface area is 268 Å². The molecule has 0 unspecified atom stereocenters. The van der Waals surface area contributed by atoms with Crippen LogP contribution in [0.4, 0.5) is 0 Å². The van der Waals surface area contributed by atoms with Gasteiger partial charge in [0.2, 0.25) is 11.8 Å². The molecule has 3 aliphatic heterocycles. The van der Waals surface area contributed by atoms with Gasteiger partial charge in [-0.25, -0.2) is 0 Å². The zero-order valence-corrected chi connectivity index (χ0v) is 26.6. The van der Waals surface area contributed by atoms with Crippen molar-refractivity contribution in [3.63, 3.8) is 0 Å². The molecule has 2 aromatic carbocycles. The third kappa shape index (κ3) is 6.19. The topological polar surface area (TPSA) is 134 Å². The minimum Gasteiger partial charge on any atom is -0.378 e. The van der Waals surface area contributed by atoms with E-state index in [4.69, 9.17) is 9.47 Å². The van der Waals surface area contributed by atoms with E-state index >= 15 is 0 Å². The van der Waals surface area contributed by atoms with E-state index in [0.717, 1.165) is 9.80 Å². The minimum absolute atomic E-state index is 0.146. The lowest BCUT2D eigenvalue weighted by atomic mass is 10.0. The van der Waals surface area contributed by atoms with Crippen LogP contribution in [0, 0.1) is 11.8 Å². The van der Waals surface area contributed by atoms with E-state index in [0.29, 0.717) is 0 Å². The fourth-order valence-corrected chi connectivity index (χ4v) is 6.25. The lowest BCUT2D eigenvalue weighted by molar-refractivity contribution is -0.140. The third-order valence-electron chi connectivity index (χ3n) is 8.62. The molecule has 0 saturated carbocycles. The van der Waals surface area contributed by atoms with Crippen LogP contribution in [0.15, 0.2) is 48.5 Å². The minimum atomic E-state index is -0.997. The first-order valence-corrected chi connectivity index (χ1v) is 15.7. The number of fused-ring (bicyclic) bond motifs is 2. The molecular formula is C34H40N4O8. The highest BCUT2D eigenvalue weighted by molar-refractivity contribution is 6.23. The fourth-order valence-electron chi connectivity index (χ4n) is 6.25. The van der Waals surface area contributed by atoms with Crippen molar-refractivity contribution >= 4 is 35.4 Å². The highest BCUT2D eigenvalue weighted by Gasteiger charge is 2.46. The maximum atomic E-state index is 13.9. The molecular weight excluding hydrogens is 592 g/mol. The van der Waals surface area contributed by atoms with Gasteiger partial charge in [0, 0.05) is 26.2 Å². The summed E-state index contributed by atoms with van der Waals surface area (Å²) in [7, 11) is 0. The molecule has 6 amide bonds. The van der Waals surface area contributed by atoms with Gasteiger partial charge in [-0.1, -0.05) is 52.0 Å². The summed E-state index contributed by atoms with van der Waals surface area (Å²) in [5, 5.41) is 0. The van der Waals surface area contributed by atoms with Gasteiger partial charge < -0.3 is 19.3 Å². The third-order valence-corrected chi connectivity index (χ3v) is 8.62. The first kappa shape index (κ1) is 33.0. The zero-order valence-electron chi connectivity index (χ0n) is 26.6. The zero-order chi connectivity index (χ0) is 33.1. The van der Waals surface area contributed by atoms with Crippen LogP contribution < -0.4 is 0 Å². The molecule has 2 atom stereocenters. The Morgan fingerprint density at radius 3 is 1.02 bits per heavy atom. The summed E-state index contributed by atoms with van der Waals surface area (Å²) in [5.41, 5.74) is 1.14. The molecule has 2 aromatic rings. The monoisotopic (exact) mass is 632 g/mol. The van der Waals surface area contributed by atoms with Crippen molar-refractivity contribution in [3.05, 3.63) is 70.8 Å². The molecule has 3 heterocycles. The number of imide groups is 2. The summed E-state index contributed by atoms with van der Waals surface area (Å²) in [4.78, 5) is 85.9. The van der Waals surface area contributed by atoms with Gasteiger partial charge in [0.05, 0.1) is 48.7 Å². The van der Waals surface area contributed by atoms with E-state index in [-0.39, 0.29) is 98.5 Å². The highest BCUT2D eigenvalue weighted by Crippen LogP contribution is 2.29. The molecule has 3 aliphatic rings. The Hall–Kier alpha value is -4.42. The summed E-state index contributed by atoms with van der Waals surface area (Å²) in [6, 6.07) is 11.1. The van der Waals surface area contributed by atoms with Gasteiger partial charge in [0.15, 0.2) is 0 Å². The maximum absolute atomic E-state index is 13.9. The van der Waals surface area contributed by atoms with Gasteiger partial charge in [-0.05, 0) is 36.1 Å². The van der Waals surface area contributed by atoms with E-state index in [2.05, 4.69) is 0 Å². The molecule has 1 fully saturated rings. The van der Waals surface area contributed by atoms with Crippen LogP contribution >= 0.6 is 0 Å². The van der Waals surface area contributed by atoms with E-state index in [9.17, 15) is 28.8 Å². The predicted octanol–water partition coefficient (Wildman–Crippen LogP) is 2.33. The quantitative estimate of drug-likeness (QED) is 0.443. The normalized spacial score (nSPS) is 19.3. The number of nitrogens with zero attached hydrogens (tertiary/aromatic N) is 4.